The number of nitriles is 1. The minimum atomic E-state index is -1.13. The van der Waals surface area contributed by atoms with Gasteiger partial charge in [-0.1, -0.05) is 21.6 Å². The molecular formula is C20H21N3O5S2. The predicted molar refractivity (Wildman–Crippen MR) is 111 cm³/mol. The van der Waals surface area contributed by atoms with Crippen LogP contribution in [0.4, 0.5) is 0 Å². The molecule has 5 aliphatic heterocycles. The van der Waals surface area contributed by atoms with Gasteiger partial charge in [0.1, 0.15) is 5.25 Å². The van der Waals surface area contributed by atoms with Crippen LogP contribution in [0.2, 0.25) is 0 Å². The van der Waals surface area contributed by atoms with Crippen LogP contribution >= 0.6 is 21.6 Å². The summed E-state index contributed by atoms with van der Waals surface area (Å²) in [7, 11) is 6.11. The lowest BCUT2D eigenvalue weighted by molar-refractivity contribution is -0.142. The third-order valence-electron chi connectivity index (χ3n) is 6.61. The van der Waals surface area contributed by atoms with Crippen LogP contribution in [-0.2, 0) is 9.59 Å². The van der Waals surface area contributed by atoms with E-state index in [2.05, 4.69) is 6.07 Å². The Kier molecular flexibility index (Phi) is 4.19. The maximum Gasteiger partial charge on any atom is 0.260 e. The molecule has 6 rings (SSSR count). The molecule has 0 N–H and O–H groups in total. The lowest BCUT2D eigenvalue weighted by Gasteiger charge is -2.42. The van der Waals surface area contributed by atoms with Gasteiger partial charge in [-0.25, -0.2) is 0 Å². The number of hydrogen-bond donors (Lipinski definition) is 0. The summed E-state index contributed by atoms with van der Waals surface area (Å²) < 4.78 is 16.7. The Morgan fingerprint density at radius 2 is 2.10 bits per heavy atom. The summed E-state index contributed by atoms with van der Waals surface area (Å²) in [4.78, 5) is 29.5. The zero-order valence-electron chi connectivity index (χ0n) is 17.0. The third kappa shape index (κ3) is 2.25. The number of amides is 2. The lowest BCUT2D eigenvalue weighted by atomic mass is 9.79. The average Bonchev–Trinajstić information content (AvgIpc) is 3.29. The number of carbonyl (C=O) groups is 2. The molecule has 4 saturated heterocycles. The van der Waals surface area contributed by atoms with E-state index in [0.29, 0.717) is 22.8 Å². The number of carbonyl (C=O) groups excluding carboxylic acids is 2. The summed E-state index contributed by atoms with van der Waals surface area (Å²) in [6.07, 6.45) is 0.241. The number of rotatable bonds is 2. The number of likely N-dealkylation sites (N-methyl/N-ethyl adjacent to an activating group) is 1. The van der Waals surface area contributed by atoms with Gasteiger partial charge < -0.3 is 24.0 Å². The van der Waals surface area contributed by atoms with E-state index in [4.69, 9.17) is 14.2 Å². The minimum absolute atomic E-state index is 0.0806. The molecule has 4 unspecified atom stereocenters. The summed E-state index contributed by atoms with van der Waals surface area (Å²) in [6.45, 7) is 3.79. The smallest absolute Gasteiger partial charge is 0.260 e. The maximum absolute atomic E-state index is 13.7. The molecule has 158 valence electrons. The molecule has 1 aromatic carbocycles. The second kappa shape index (κ2) is 6.37. The molecule has 0 saturated carbocycles. The lowest BCUT2D eigenvalue weighted by Crippen LogP contribution is -2.55. The van der Waals surface area contributed by atoms with Crippen LogP contribution in [-0.4, -0.2) is 58.7 Å². The maximum atomic E-state index is 13.7. The fourth-order valence-electron chi connectivity index (χ4n) is 4.99. The van der Waals surface area contributed by atoms with Crippen LogP contribution < -0.4 is 14.2 Å². The Hall–Kier alpha value is -2.25. The first kappa shape index (κ1) is 19.7. The van der Waals surface area contributed by atoms with Crippen LogP contribution in [0, 0.1) is 16.7 Å². The van der Waals surface area contributed by atoms with E-state index >= 15 is 0 Å². The van der Waals surface area contributed by atoms with E-state index < -0.39 is 21.6 Å². The van der Waals surface area contributed by atoms with Crippen LogP contribution in [0.25, 0.3) is 0 Å². The predicted octanol–water partition coefficient (Wildman–Crippen LogP) is 2.55. The van der Waals surface area contributed by atoms with E-state index in [1.807, 2.05) is 19.9 Å². The van der Waals surface area contributed by atoms with Gasteiger partial charge >= 0.3 is 0 Å². The van der Waals surface area contributed by atoms with Crippen molar-refractivity contribution in [2.24, 2.45) is 5.41 Å². The Morgan fingerprint density at radius 3 is 2.80 bits per heavy atom. The minimum Gasteiger partial charge on any atom is -0.492 e. The summed E-state index contributed by atoms with van der Waals surface area (Å²) in [6, 6.07) is 5.10. The van der Waals surface area contributed by atoms with Gasteiger partial charge in [-0.05, 0) is 26.0 Å². The largest absolute Gasteiger partial charge is 0.492 e. The fourth-order valence-corrected chi connectivity index (χ4v) is 8.79. The van der Waals surface area contributed by atoms with Crippen molar-refractivity contribution in [3.63, 3.8) is 0 Å². The molecule has 4 fully saturated rings. The van der Waals surface area contributed by atoms with Crippen molar-refractivity contribution < 1.29 is 23.8 Å². The number of benzene rings is 1. The number of fused-ring (bicyclic) bond motifs is 4. The highest BCUT2D eigenvalue weighted by Gasteiger charge is 2.70. The van der Waals surface area contributed by atoms with E-state index in [1.54, 1.807) is 22.9 Å². The van der Waals surface area contributed by atoms with Gasteiger partial charge in [-0.15, -0.1) is 0 Å². The van der Waals surface area contributed by atoms with E-state index in [-0.39, 0.29) is 31.1 Å². The molecule has 2 amide bonds. The molecule has 5 heterocycles. The molecule has 5 aliphatic rings. The second-order valence-corrected chi connectivity index (χ2v) is 10.9. The van der Waals surface area contributed by atoms with Crippen molar-refractivity contribution >= 4 is 33.4 Å². The fraction of sp³-hybridized carbons (Fsp3) is 0.550. The molecule has 8 nitrogen and oxygen atoms in total. The highest BCUT2D eigenvalue weighted by molar-refractivity contribution is 8.77. The zero-order chi connectivity index (χ0) is 21.4. The first-order valence-electron chi connectivity index (χ1n) is 9.62. The summed E-state index contributed by atoms with van der Waals surface area (Å²) in [5.41, 5.74) is -0.340. The molecular weight excluding hydrogens is 426 g/mol. The van der Waals surface area contributed by atoms with E-state index in [9.17, 15) is 14.9 Å². The number of methoxy groups -OCH3 is 1. The standard InChI is InChI=1S/C20H21N3O5S2/c1-10-15-17(24)23-16(11-5-6-12-14(13(11)26-4)28-9-27-12)19(2,8-21)7-20(23,30-29-15)18(25)22(10)3/h5-6,10,15-16H,7,9H2,1-4H3/t10?,15?,16?,19-,20?/m1/s1. The molecule has 0 aromatic heterocycles. The van der Waals surface area contributed by atoms with Gasteiger partial charge in [-0.2, -0.15) is 5.26 Å². The molecule has 2 bridgehead atoms. The van der Waals surface area contributed by atoms with E-state index in [0.717, 1.165) is 0 Å². The molecule has 10 heteroatoms. The summed E-state index contributed by atoms with van der Waals surface area (Å²) >= 11 is 0. The normalized spacial score (nSPS) is 36.6. The molecule has 0 radical (unpaired) electrons. The Morgan fingerprint density at radius 1 is 1.33 bits per heavy atom. The second-order valence-electron chi connectivity index (χ2n) is 8.28. The number of hydrogen-bond acceptors (Lipinski definition) is 8. The highest BCUT2D eigenvalue weighted by Crippen LogP contribution is 2.67. The van der Waals surface area contributed by atoms with Gasteiger partial charge in [0.05, 0.1) is 30.7 Å². The van der Waals surface area contributed by atoms with Crippen LogP contribution in [0.15, 0.2) is 12.1 Å². The van der Waals surface area contributed by atoms with Gasteiger partial charge in [0, 0.05) is 19.0 Å². The quantitative estimate of drug-likeness (QED) is 0.639. The SMILES string of the molecule is COc1c(C2N3C(=O)C4SSC3(C[C@]2(C)C#N)C(=O)N(C)C4C)ccc2c1OCO2. The molecule has 1 spiro atoms. The van der Waals surface area contributed by atoms with Crippen LogP contribution in [0.1, 0.15) is 31.9 Å². The molecule has 0 aliphatic carbocycles. The number of nitrogens with zero attached hydrogens (tertiary/aromatic N) is 3. The molecule has 5 atom stereocenters. The Balaban J connectivity index is 1.75. The summed E-state index contributed by atoms with van der Waals surface area (Å²) in [5, 5.41) is 9.82. The van der Waals surface area contributed by atoms with Crippen molar-refractivity contribution in [3.05, 3.63) is 17.7 Å². The third-order valence-corrected chi connectivity index (χ3v) is 10.0. The Bertz CT molecular complexity index is 1010. The van der Waals surface area contributed by atoms with Crippen molar-refractivity contribution in [2.45, 2.75) is 42.5 Å². The average molecular weight is 448 g/mol. The van der Waals surface area contributed by atoms with Crippen molar-refractivity contribution in [1.82, 2.24) is 9.80 Å². The summed E-state index contributed by atoms with van der Waals surface area (Å²) in [5.74, 6) is 1.20. The van der Waals surface area contributed by atoms with E-state index in [1.165, 1.54) is 28.7 Å². The van der Waals surface area contributed by atoms with Crippen molar-refractivity contribution in [2.75, 3.05) is 21.0 Å². The Labute approximate surface area is 182 Å². The first-order valence-corrected chi connectivity index (χ1v) is 11.8. The highest BCUT2D eigenvalue weighted by atomic mass is 33.1. The van der Waals surface area contributed by atoms with Crippen molar-refractivity contribution in [3.8, 4) is 23.3 Å². The van der Waals surface area contributed by atoms with Gasteiger partial charge in [0.15, 0.2) is 16.4 Å². The zero-order valence-corrected chi connectivity index (χ0v) is 18.6. The number of ether oxygens (including phenoxy) is 3. The van der Waals surface area contributed by atoms with Gasteiger partial charge in [-0.3, -0.25) is 9.59 Å². The van der Waals surface area contributed by atoms with Crippen LogP contribution in [0.3, 0.4) is 0 Å². The first-order chi connectivity index (χ1) is 14.3. The van der Waals surface area contributed by atoms with Crippen LogP contribution in [0.5, 0.6) is 17.2 Å². The molecule has 1 aromatic rings. The molecule has 30 heavy (non-hydrogen) atoms. The van der Waals surface area contributed by atoms with Crippen molar-refractivity contribution in [1.29, 1.82) is 5.26 Å². The van der Waals surface area contributed by atoms with Gasteiger partial charge in [0.25, 0.3) is 5.91 Å². The topological polar surface area (TPSA) is 92.1 Å². The van der Waals surface area contributed by atoms with Gasteiger partial charge in [0.2, 0.25) is 18.4 Å². The monoisotopic (exact) mass is 447 g/mol.